The van der Waals surface area contributed by atoms with Crippen LogP contribution >= 0.6 is 0 Å². The molecule has 0 unspecified atom stereocenters. The fourth-order valence-electron chi connectivity index (χ4n) is 1.96. The lowest BCUT2D eigenvalue weighted by atomic mass is 10.0. The first-order valence-corrected chi connectivity index (χ1v) is 6.85. The summed E-state index contributed by atoms with van der Waals surface area (Å²) in [6.07, 6.45) is 0.832. The molecule has 2 aromatic carbocycles. The minimum Gasteiger partial charge on any atom is -0.428 e. The minimum absolute atomic E-state index is 0.0221. The van der Waals surface area contributed by atoms with Crippen molar-refractivity contribution >= 4 is 23.4 Å². The van der Waals surface area contributed by atoms with Gasteiger partial charge in [0, 0.05) is 0 Å². The van der Waals surface area contributed by atoms with Crippen molar-refractivity contribution in [3.8, 4) is 5.75 Å². The van der Waals surface area contributed by atoms with Crippen molar-refractivity contribution in [1.82, 2.24) is 0 Å². The molecular weight excluding hydrogens is 319 g/mol. The van der Waals surface area contributed by atoms with E-state index >= 15 is 0 Å². The second-order valence-electron chi connectivity index (χ2n) is 4.78. The number of hydrogen-bond donors (Lipinski definition) is 0. The first kappa shape index (κ1) is 17.2. The lowest BCUT2D eigenvalue weighted by Crippen LogP contribution is -1.90. The largest absolute Gasteiger partial charge is 0.428 e. The molecule has 2 rings (SSSR count). The zero-order valence-electron chi connectivity index (χ0n) is 12.6. The third-order valence-electron chi connectivity index (χ3n) is 3.12. The summed E-state index contributed by atoms with van der Waals surface area (Å²) in [5, 5.41) is 0. The first-order chi connectivity index (χ1) is 11.5. The zero-order valence-corrected chi connectivity index (χ0v) is 12.6. The minimum atomic E-state index is -2.50. The van der Waals surface area contributed by atoms with Crippen molar-refractivity contribution in [3.05, 3.63) is 71.8 Å². The van der Waals surface area contributed by atoms with Crippen molar-refractivity contribution in [1.29, 1.82) is 0 Å². The summed E-state index contributed by atoms with van der Waals surface area (Å²) in [4.78, 5) is 13.7. The van der Waals surface area contributed by atoms with E-state index in [0.29, 0.717) is 5.69 Å². The molecule has 3 nitrogen and oxygen atoms in total. The van der Waals surface area contributed by atoms with Crippen LogP contribution in [0, 0.1) is 0 Å². The number of isocyanates is 1. The molecule has 0 heterocycles. The molecule has 0 aromatic heterocycles. The Morgan fingerprint density at radius 2 is 1.67 bits per heavy atom. The number of allylic oxidation sites excluding steroid dienone is 1. The van der Waals surface area contributed by atoms with E-state index in [-0.39, 0.29) is 5.75 Å². The van der Waals surface area contributed by atoms with Gasteiger partial charge in [-0.25, -0.2) is 4.79 Å². The third kappa shape index (κ3) is 4.69. The first-order valence-electron chi connectivity index (χ1n) is 6.85. The second kappa shape index (κ2) is 7.94. The predicted molar refractivity (Wildman–Crippen MR) is 85.2 cm³/mol. The van der Waals surface area contributed by atoms with Crippen LogP contribution in [0.25, 0.3) is 11.6 Å². The molecule has 0 fully saturated rings. The lowest BCUT2D eigenvalue weighted by molar-refractivity contribution is 0.241. The molecule has 2 aromatic rings. The van der Waals surface area contributed by atoms with Gasteiger partial charge in [-0.1, -0.05) is 30.3 Å². The maximum atomic E-state index is 12.7. The molecule has 122 valence electrons. The van der Waals surface area contributed by atoms with Crippen LogP contribution < -0.4 is 4.74 Å². The highest BCUT2D eigenvalue weighted by molar-refractivity contribution is 5.80. The summed E-state index contributed by atoms with van der Waals surface area (Å²) in [7, 11) is 0. The van der Waals surface area contributed by atoms with Gasteiger partial charge in [0.15, 0.2) is 0 Å². The molecule has 24 heavy (non-hydrogen) atoms. The van der Waals surface area contributed by atoms with Crippen molar-refractivity contribution in [3.63, 3.8) is 0 Å². The second-order valence-corrected chi connectivity index (χ2v) is 4.78. The van der Waals surface area contributed by atoms with E-state index in [2.05, 4.69) is 9.73 Å². The van der Waals surface area contributed by atoms with Crippen LogP contribution in [0.5, 0.6) is 5.75 Å². The number of hydrogen-bond acceptors (Lipinski definition) is 3. The van der Waals surface area contributed by atoms with Crippen LogP contribution in [-0.4, -0.2) is 6.08 Å². The van der Waals surface area contributed by atoms with Gasteiger partial charge in [0.25, 0.3) is 0 Å². The molecule has 0 saturated heterocycles. The van der Waals surface area contributed by atoms with Gasteiger partial charge in [-0.3, -0.25) is 0 Å². The Bertz CT molecular complexity index is 814. The van der Waals surface area contributed by atoms with E-state index < -0.39 is 12.1 Å². The molecule has 0 aliphatic heterocycles. The molecule has 0 N–H and O–H groups in total. The number of nitrogens with zero attached hydrogens (tertiary/aromatic N) is 1. The summed E-state index contributed by atoms with van der Waals surface area (Å²) in [6.45, 7) is 1.89. The molecule has 0 amide bonds. The number of aliphatic imine (C=N–C) groups is 1. The number of rotatable bonds is 5. The fourth-order valence-corrected chi connectivity index (χ4v) is 1.96. The van der Waals surface area contributed by atoms with Gasteiger partial charge in [-0.2, -0.15) is 18.2 Å². The Morgan fingerprint density at radius 3 is 2.21 bits per heavy atom. The molecule has 0 radical (unpaired) electrons. The van der Waals surface area contributed by atoms with Gasteiger partial charge in [-0.15, -0.1) is 0 Å². The van der Waals surface area contributed by atoms with Gasteiger partial charge in [0.1, 0.15) is 5.75 Å². The Balaban J connectivity index is 2.15. The van der Waals surface area contributed by atoms with E-state index in [1.54, 1.807) is 24.3 Å². The quantitative estimate of drug-likeness (QED) is 0.308. The van der Waals surface area contributed by atoms with Crippen LogP contribution in [0.4, 0.5) is 18.9 Å². The number of carbonyl (C=O) groups excluding carboxylic acids is 1. The predicted octanol–water partition coefficient (Wildman–Crippen LogP) is 5.63. The number of halogens is 3. The smallest absolute Gasteiger partial charge is 0.344 e. The van der Waals surface area contributed by atoms with Crippen molar-refractivity contribution in [2.24, 2.45) is 4.99 Å². The topological polar surface area (TPSA) is 38.7 Å². The molecule has 6 heteroatoms. The summed E-state index contributed by atoms with van der Waals surface area (Å²) in [6, 6.07) is 11.1. The SMILES string of the molecule is CC(=Cc1ccc(OC(F)=C(F)F)cc1)c1ccc(N=C=O)cc1. The van der Waals surface area contributed by atoms with Gasteiger partial charge < -0.3 is 4.74 Å². The van der Waals surface area contributed by atoms with E-state index in [0.717, 1.165) is 16.7 Å². The summed E-state index contributed by atoms with van der Waals surface area (Å²) >= 11 is 0. The summed E-state index contributed by atoms with van der Waals surface area (Å²) < 4.78 is 41.0. The molecular formula is C18H12F3NO2. The van der Waals surface area contributed by atoms with E-state index in [1.165, 1.54) is 18.2 Å². The van der Waals surface area contributed by atoms with Crippen LogP contribution in [0.15, 0.2) is 65.6 Å². The maximum absolute atomic E-state index is 12.7. The lowest BCUT2D eigenvalue weighted by Gasteiger charge is -2.04. The Labute approximate surface area is 136 Å². The highest BCUT2D eigenvalue weighted by Gasteiger charge is 2.07. The van der Waals surface area contributed by atoms with Gasteiger partial charge in [0.05, 0.1) is 5.69 Å². The normalized spacial score (nSPS) is 10.8. The van der Waals surface area contributed by atoms with Crippen LogP contribution in [0.3, 0.4) is 0 Å². The zero-order chi connectivity index (χ0) is 17.5. The maximum Gasteiger partial charge on any atom is 0.344 e. The van der Waals surface area contributed by atoms with Crippen molar-refractivity contribution in [2.75, 3.05) is 0 Å². The molecule has 0 aliphatic rings. The molecule has 0 bridgehead atoms. The highest BCUT2D eigenvalue weighted by Crippen LogP contribution is 2.23. The monoisotopic (exact) mass is 331 g/mol. The van der Waals surface area contributed by atoms with Crippen LogP contribution in [0.2, 0.25) is 0 Å². The van der Waals surface area contributed by atoms with Gasteiger partial charge >= 0.3 is 12.1 Å². The standard InChI is InChI=1S/C18H12F3NO2/c1-12(14-4-6-15(7-5-14)22-11-23)10-13-2-8-16(9-3-13)24-18(21)17(19)20/h2-10H,1H3. The third-order valence-corrected chi connectivity index (χ3v) is 3.12. The average Bonchev–Trinajstić information content (AvgIpc) is 2.57. The van der Waals surface area contributed by atoms with E-state index in [1.807, 2.05) is 25.1 Å². The van der Waals surface area contributed by atoms with Crippen molar-refractivity contribution < 1.29 is 22.7 Å². The van der Waals surface area contributed by atoms with Gasteiger partial charge in [-0.05, 0) is 47.9 Å². The van der Waals surface area contributed by atoms with Crippen LogP contribution in [-0.2, 0) is 4.79 Å². The van der Waals surface area contributed by atoms with Gasteiger partial charge in [0.2, 0.25) is 6.08 Å². The number of ether oxygens (including phenoxy) is 1. The molecule has 0 aliphatic carbocycles. The molecule has 0 spiro atoms. The highest BCUT2D eigenvalue weighted by atomic mass is 19.3. The Kier molecular flexibility index (Phi) is 5.71. The number of benzene rings is 2. The average molecular weight is 331 g/mol. The molecule has 0 atom stereocenters. The summed E-state index contributed by atoms with van der Waals surface area (Å²) in [5.41, 5.74) is 3.16. The van der Waals surface area contributed by atoms with E-state index in [4.69, 9.17) is 0 Å². The summed E-state index contributed by atoms with van der Waals surface area (Å²) in [5.74, 6) is -0.0221. The fraction of sp³-hybridized carbons (Fsp3) is 0.0556. The van der Waals surface area contributed by atoms with E-state index in [9.17, 15) is 18.0 Å². The van der Waals surface area contributed by atoms with Crippen molar-refractivity contribution in [2.45, 2.75) is 6.92 Å². The Hall–Kier alpha value is -3.11. The molecule has 0 saturated carbocycles. The van der Waals surface area contributed by atoms with Crippen LogP contribution in [0.1, 0.15) is 18.1 Å². The Morgan fingerprint density at radius 1 is 1.04 bits per heavy atom.